The monoisotopic (exact) mass is 526 g/mol. The second kappa shape index (κ2) is 11.7. The van der Waals surface area contributed by atoms with E-state index in [1.165, 1.54) is 35.2 Å². The molecule has 8 nitrogen and oxygen atoms in total. The number of rotatable bonds is 7. The van der Waals surface area contributed by atoms with E-state index in [0.29, 0.717) is 37.4 Å². The number of nitrogens with zero attached hydrogens (tertiary/aromatic N) is 3. The molecule has 2 heterocycles. The number of nitrogens with one attached hydrogen (secondary N) is 1. The first-order valence-electron chi connectivity index (χ1n) is 12.8. The molecular weight excluding hydrogens is 494 g/mol. The van der Waals surface area contributed by atoms with Gasteiger partial charge in [0.1, 0.15) is 11.6 Å². The standard InChI is InChI=1S/C28H32F2N4O4/c1-4-33-23(17-32-14-15-34(18(3)16-32)26(35)19-10-12-20(29)13-11-19)24(27(36)38-5-2)25(31-28(33)37)21-8-6-7-9-22(21)30/h6-13,18,25H,4-5,14-17H2,1-3H3,(H,31,37)/t18-,25+/m0/s1. The van der Waals surface area contributed by atoms with Crippen molar-refractivity contribution in [3.63, 3.8) is 0 Å². The zero-order chi connectivity index (χ0) is 27.4. The molecule has 1 saturated heterocycles. The van der Waals surface area contributed by atoms with Crippen molar-refractivity contribution in [3.05, 3.63) is 82.6 Å². The Hall–Kier alpha value is -3.79. The van der Waals surface area contributed by atoms with Crippen LogP contribution in [-0.4, -0.2) is 78.0 Å². The smallest absolute Gasteiger partial charge is 0.338 e. The number of carbonyl (C=O) groups excluding carboxylic acids is 3. The summed E-state index contributed by atoms with van der Waals surface area (Å²) in [5.41, 5.74) is 1.23. The highest BCUT2D eigenvalue weighted by Crippen LogP contribution is 2.33. The Kier molecular flexibility index (Phi) is 8.41. The van der Waals surface area contributed by atoms with Gasteiger partial charge < -0.3 is 15.0 Å². The third-order valence-electron chi connectivity index (χ3n) is 6.90. The van der Waals surface area contributed by atoms with Gasteiger partial charge in [0, 0.05) is 55.6 Å². The zero-order valence-corrected chi connectivity index (χ0v) is 21.7. The molecule has 0 aromatic heterocycles. The predicted molar refractivity (Wildman–Crippen MR) is 137 cm³/mol. The van der Waals surface area contributed by atoms with E-state index in [4.69, 9.17) is 4.74 Å². The van der Waals surface area contributed by atoms with E-state index in [9.17, 15) is 23.2 Å². The van der Waals surface area contributed by atoms with Crippen LogP contribution < -0.4 is 5.32 Å². The van der Waals surface area contributed by atoms with Crippen LogP contribution in [0, 0.1) is 11.6 Å². The van der Waals surface area contributed by atoms with Crippen molar-refractivity contribution < 1.29 is 27.9 Å². The molecule has 10 heteroatoms. The fraction of sp³-hybridized carbons (Fsp3) is 0.393. The first-order valence-corrected chi connectivity index (χ1v) is 12.8. The molecule has 1 fully saturated rings. The summed E-state index contributed by atoms with van der Waals surface area (Å²) in [6.45, 7) is 7.45. The Balaban J connectivity index is 1.63. The molecule has 38 heavy (non-hydrogen) atoms. The molecular formula is C28H32F2N4O4. The van der Waals surface area contributed by atoms with E-state index >= 15 is 0 Å². The minimum atomic E-state index is -1.00. The topological polar surface area (TPSA) is 82.2 Å². The molecule has 2 aromatic carbocycles. The van der Waals surface area contributed by atoms with Gasteiger partial charge in [-0.3, -0.25) is 14.6 Å². The van der Waals surface area contributed by atoms with E-state index in [-0.39, 0.29) is 36.2 Å². The lowest BCUT2D eigenvalue weighted by atomic mass is 9.93. The van der Waals surface area contributed by atoms with Crippen molar-refractivity contribution in [1.82, 2.24) is 20.0 Å². The van der Waals surface area contributed by atoms with Crippen LogP contribution in [0.2, 0.25) is 0 Å². The van der Waals surface area contributed by atoms with Crippen LogP contribution >= 0.6 is 0 Å². The maximum atomic E-state index is 14.8. The zero-order valence-electron chi connectivity index (χ0n) is 21.7. The lowest BCUT2D eigenvalue weighted by molar-refractivity contribution is -0.139. The van der Waals surface area contributed by atoms with Crippen molar-refractivity contribution in [2.24, 2.45) is 0 Å². The summed E-state index contributed by atoms with van der Waals surface area (Å²) < 4.78 is 33.5. The molecule has 0 bridgehead atoms. The summed E-state index contributed by atoms with van der Waals surface area (Å²) in [5.74, 6) is -1.75. The fourth-order valence-corrected chi connectivity index (χ4v) is 5.05. The highest BCUT2D eigenvalue weighted by Gasteiger charge is 2.40. The van der Waals surface area contributed by atoms with E-state index in [1.807, 2.05) is 6.92 Å². The predicted octanol–water partition coefficient (Wildman–Crippen LogP) is 3.71. The number of benzene rings is 2. The van der Waals surface area contributed by atoms with Crippen molar-refractivity contribution >= 4 is 17.9 Å². The Morgan fingerprint density at radius 3 is 2.39 bits per heavy atom. The number of likely N-dealkylation sites (N-methyl/N-ethyl adjacent to an activating group) is 1. The number of hydrogen-bond donors (Lipinski definition) is 1. The summed E-state index contributed by atoms with van der Waals surface area (Å²) in [6, 6.07) is 9.88. The quantitative estimate of drug-likeness (QED) is 0.557. The van der Waals surface area contributed by atoms with Gasteiger partial charge in [0.05, 0.1) is 18.2 Å². The van der Waals surface area contributed by atoms with E-state index in [1.54, 1.807) is 36.9 Å². The van der Waals surface area contributed by atoms with Gasteiger partial charge in [-0.1, -0.05) is 18.2 Å². The Morgan fingerprint density at radius 2 is 1.76 bits per heavy atom. The Bertz CT molecular complexity index is 1230. The molecule has 0 spiro atoms. The number of hydrogen-bond acceptors (Lipinski definition) is 5. The Morgan fingerprint density at radius 1 is 1.05 bits per heavy atom. The Labute approximate surface area is 220 Å². The van der Waals surface area contributed by atoms with Crippen molar-refractivity contribution in [2.45, 2.75) is 32.9 Å². The second-order valence-electron chi connectivity index (χ2n) is 9.32. The van der Waals surface area contributed by atoms with Gasteiger partial charge in [0.25, 0.3) is 5.91 Å². The van der Waals surface area contributed by atoms with E-state index < -0.39 is 29.7 Å². The van der Waals surface area contributed by atoms with Crippen LogP contribution in [0.5, 0.6) is 0 Å². The lowest BCUT2D eigenvalue weighted by Crippen LogP contribution is -2.56. The highest BCUT2D eigenvalue weighted by atomic mass is 19.1. The van der Waals surface area contributed by atoms with Gasteiger partial charge in [-0.15, -0.1) is 0 Å². The number of halogens is 2. The van der Waals surface area contributed by atoms with Gasteiger partial charge in [-0.2, -0.15) is 0 Å². The van der Waals surface area contributed by atoms with E-state index in [2.05, 4.69) is 10.2 Å². The fourth-order valence-electron chi connectivity index (χ4n) is 5.05. The van der Waals surface area contributed by atoms with Gasteiger partial charge in [0.15, 0.2) is 0 Å². The molecule has 0 radical (unpaired) electrons. The van der Waals surface area contributed by atoms with Crippen LogP contribution in [0.3, 0.4) is 0 Å². The van der Waals surface area contributed by atoms with Gasteiger partial charge in [-0.05, 0) is 51.1 Å². The number of urea groups is 1. The maximum absolute atomic E-state index is 14.8. The first-order chi connectivity index (χ1) is 18.2. The summed E-state index contributed by atoms with van der Waals surface area (Å²) in [6.07, 6.45) is 0. The van der Waals surface area contributed by atoms with Gasteiger partial charge in [0.2, 0.25) is 0 Å². The third-order valence-corrected chi connectivity index (χ3v) is 6.90. The van der Waals surface area contributed by atoms with Crippen LogP contribution in [0.15, 0.2) is 59.8 Å². The van der Waals surface area contributed by atoms with Crippen LogP contribution in [0.1, 0.15) is 42.7 Å². The van der Waals surface area contributed by atoms with Gasteiger partial charge in [-0.25, -0.2) is 18.4 Å². The second-order valence-corrected chi connectivity index (χ2v) is 9.32. The molecule has 2 aliphatic heterocycles. The molecule has 0 unspecified atom stereocenters. The number of amides is 3. The molecule has 0 saturated carbocycles. The highest BCUT2D eigenvalue weighted by molar-refractivity contribution is 5.95. The molecule has 4 rings (SSSR count). The molecule has 2 aromatic rings. The third kappa shape index (κ3) is 5.55. The molecule has 2 atom stereocenters. The van der Waals surface area contributed by atoms with Crippen molar-refractivity contribution in [2.75, 3.05) is 39.3 Å². The summed E-state index contributed by atoms with van der Waals surface area (Å²) in [4.78, 5) is 44.6. The number of esters is 1. The summed E-state index contributed by atoms with van der Waals surface area (Å²) in [5, 5.41) is 2.77. The molecule has 1 N–H and O–H groups in total. The normalized spacial score (nSPS) is 20.4. The summed E-state index contributed by atoms with van der Waals surface area (Å²) >= 11 is 0. The van der Waals surface area contributed by atoms with E-state index in [0.717, 1.165) is 0 Å². The van der Waals surface area contributed by atoms with Crippen LogP contribution in [0.4, 0.5) is 13.6 Å². The number of piperazine rings is 1. The molecule has 3 amide bonds. The average molecular weight is 527 g/mol. The SMILES string of the molecule is CCOC(=O)C1=C(CN2CCN(C(=O)c3ccc(F)cc3)[C@@H](C)C2)N(CC)C(=O)N[C@@H]1c1ccccc1F. The summed E-state index contributed by atoms with van der Waals surface area (Å²) in [7, 11) is 0. The largest absolute Gasteiger partial charge is 0.463 e. The maximum Gasteiger partial charge on any atom is 0.338 e. The minimum Gasteiger partial charge on any atom is -0.463 e. The molecule has 202 valence electrons. The van der Waals surface area contributed by atoms with Crippen LogP contribution in [0.25, 0.3) is 0 Å². The average Bonchev–Trinajstić information content (AvgIpc) is 2.89. The first kappa shape index (κ1) is 27.3. The number of ether oxygens (including phenoxy) is 1. The van der Waals surface area contributed by atoms with Gasteiger partial charge >= 0.3 is 12.0 Å². The minimum absolute atomic E-state index is 0.126. The number of carbonyl (C=O) groups is 3. The molecule has 2 aliphatic rings. The van der Waals surface area contributed by atoms with Crippen LogP contribution in [-0.2, 0) is 9.53 Å². The molecule has 0 aliphatic carbocycles. The van der Waals surface area contributed by atoms with Crippen molar-refractivity contribution in [1.29, 1.82) is 0 Å². The lowest BCUT2D eigenvalue weighted by Gasteiger charge is -2.43. The van der Waals surface area contributed by atoms with Crippen molar-refractivity contribution in [3.8, 4) is 0 Å².